The zero-order valence-electron chi connectivity index (χ0n) is 9.21. The van der Waals surface area contributed by atoms with Crippen LogP contribution in [0.25, 0.3) is 0 Å². The first-order chi connectivity index (χ1) is 8.24. The maximum absolute atomic E-state index is 10.8. The zero-order valence-corrected chi connectivity index (χ0v) is 9.21. The van der Waals surface area contributed by atoms with Crippen LogP contribution in [0, 0.1) is 0 Å². The third-order valence-electron chi connectivity index (χ3n) is 1.93. The minimum absolute atomic E-state index is 0.102. The van der Waals surface area contributed by atoms with Gasteiger partial charge in [-0.25, -0.2) is 4.98 Å². The molecule has 0 saturated carbocycles. The number of amides is 1. The van der Waals surface area contributed by atoms with E-state index in [2.05, 4.69) is 25.5 Å². The van der Waals surface area contributed by atoms with Gasteiger partial charge in [0.2, 0.25) is 11.9 Å². The summed E-state index contributed by atoms with van der Waals surface area (Å²) in [7, 11) is 0. The Labute approximate surface area is 97.8 Å². The number of carbonyl (C=O) groups excluding carboxylic acids is 1. The molecular formula is C11H11N5O. The number of carbonyl (C=O) groups is 1. The summed E-state index contributed by atoms with van der Waals surface area (Å²) < 4.78 is 0. The van der Waals surface area contributed by atoms with E-state index in [0.717, 1.165) is 5.69 Å². The number of nitrogens with one attached hydrogen (secondary N) is 2. The molecule has 1 heterocycles. The van der Waals surface area contributed by atoms with Crippen molar-refractivity contribution >= 4 is 23.2 Å². The number of benzene rings is 1. The molecule has 0 spiro atoms. The number of azo groups is 1. The zero-order chi connectivity index (χ0) is 12.1. The number of anilines is 1. The van der Waals surface area contributed by atoms with E-state index in [1.165, 1.54) is 6.92 Å². The van der Waals surface area contributed by atoms with Gasteiger partial charge in [0, 0.05) is 25.0 Å². The summed E-state index contributed by atoms with van der Waals surface area (Å²) in [6, 6.07) is 7.05. The molecule has 0 aliphatic heterocycles. The van der Waals surface area contributed by atoms with Crippen molar-refractivity contribution in [3.8, 4) is 0 Å². The minimum Gasteiger partial charge on any atom is -0.328 e. The van der Waals surface area contributed by atoms with Crippen molar-refractivity contribution < 1.29 is 4.79 Å². The summed E-state index contributed by atoms with van der Waals surface area (Å²) in [6.45, 7) is 1.46. The van der Waals surface area contributed by atoms with Crippen molar-refractivity contribution in [2.45, 2.75) is 6.92 Å². The van der Waals surface area contributed by atoms with E-state index in [0.29, 0.717) is 11.6 Å². The Bertz CT molecular complexity index is 515. The highest BCUT2D eigenvalue weighted by molar-refractivity contribution is 5.88. The molecule has 0 fully saturated rings. The Morgan fingerprint density at radius 2 is 2.06 bits per heavy atom. The fourth-order valence-corrected chi connectivity index (χ4v) is 1.23. The highest BCUT2D eigenvalue weighted by Gasteiger charge is 1.95. The molecule has 1 aromatic carbocycles. The lowest BCUT2D eigenvalue weighted by Gasteiger charge is -2.00. The molecule has 0 aliphatic rings. The van der Waals surface area contributed by atoms with Gasteiger partial charge in [-0.1, -0.05) is 0 Å². The average molecular weight is 229 g/mol. The van der Waals surface area contributed by atoms with Crippen molar-refractivity contribution in [1.82, 2.24) is 9.97 Å². The normalized spacial score (nSPS) is 10.6. The molecule has 0 aliphatic carbocycles. The summed E-state index contributed by atoms with van der Waals surface area (Å²) >= 11 is 0. The lowest BCUT2D eigenvalue weighted by molar-refractivity contribution is -0.114. The number of aromatic amines is 1. The number of aromatic nitrogens is 2. The smallest absolute Gasteiger partial charge is 0.246 e. The summed E-state index contributed by atoms with van der Waals surface area (Å²) in [6.07, 6.45) is 3.28. The third-order valence-corrected chi connectivity index (χ3v) is 1.93. The van der Waals surface area contributed by atoms with Crippen LogP contribution < -0.4 is 5.32 Å². The molecular weight excluding hydrogens is 218 g/mol. The van der Waals surface area contributed by atoms with Gasteiger partial charge in [-0.15, -0.1) is 10.2 Å². The largest absolute Gasteiger partial charge is 0.328 e. The number of hydrogen-bond donors (Lipinski definition) is 2. The van der Waals surface area contributed by atoms with Crippen LogP contribution in [0.3, 0.4) is 0 Å². The second kappa shape index (κ2) is 5.02. The molecule has 0 bridgehead atoms. The lowest BCUT2D eigenvalue weighted by Crippen LogP contribution is -2.04. The number of imidazole rings is 1. The van der Waals surface area contributed by atoms with Crippen LogP contribution in [-0.4, -0.2) is 15.9 Å². The first-order valence-electron chi connectivity index (χ1n) is 5.03. The monoisotopic (exact) mass is 229 g/mol. The van der Waals surface area contributed by atoms with Gasteiger partial charge in [-0.05, 0) is 24.3 Å². The van der Waals surface area contributed by atoms with E-state index < -0.39 is 0 Å². The Hall–Kier alpha value is -2.50. The molecule has 1 amide bonds. The number of nitrogens with zero attached hydrogens (tertiary/aromatic N) is 3. The summed E-state index contributed by atoms with van der Waals surface area (Å²) in [5, 5.41) is 10.6. The van der Waals surface area contributed by atoms with Gasteiger partial charge in [-0.2, -0.15) is 0 Å². The van der Waals surface area contributed by atoms with E-state index in [1.54, 1.807) is 36.7 Å². The van der Waals surface area contributed by atoms with E-state index >= 15 is 0 Å². The number of rotatable bonds is 3. The topological polar surface area (TPSA) is 82.5 Å². The average Bonchev–Trinajstić information content (AvgIpc) is 2.80. The molecule has 86 valence electrons. The van der Waals surface area contributed by atoms with Crippen molar-refractivity contribution in [3.05, 3.63) is 36.7 Å². The molecule has 2 aromatic rings. The summed E-state index contributed by atoms with van der Waals surface area (Å²) in [4.78, 5) is 17.5. The van der Waals surface area contributed by atoms with Gasteiger partial charge in [0.25, 0.3) is 0 Å². The van der Waals surface area contributed by atoms with Crippen LogP contribution >= 0.6 is 0 Å². The Morgan fingerprint density at radius 3 is 2.65 bits per heavy atom. The molecule has 6 nitrogen and oxygen atoms in total. The maximum Gasteiger partial charge on any atom is 0.246 e. The van der Waals surface area contributed by atoms with Crippen LogP contribution in [0.2, 0.25) is 0 Å². The van der Waals surface area contributed by atoms with Crippen LogP contribution in [0.4, 0.5) is 17.3 Å². The minimum atomic E-state index is -0.102. The van der Waals surface area contributed by atoms with Crippen molar-refractivity contribution in [3.63, 3.8) is 0 Å². The summed E-state index contributed by atoms with van der Waals surface area (Å²) in [5.41, 5.74) is 1.42. The van der Waals surface area contributed by atoms with Crippen LogP contribution in [-0.2, 0) is 4.79 Å². The van der Waals surface area contributed by atoms with Gasteiger partial charge in [0.1, 0.15) is 0 Å². The molecule has 17 heavy (non-hydrogen) atoms. The number of H-pyrrole nitrogens is 1. The van der Waals surface area contributed by atoms with Crippen molar-refractivity contribution in [2.75, 3.05) is 5.32 Å². The first kappa shape index (κ1) is 11.0. The SMILES string of the molecule is CC(=O)Nc1ccc(/N=N/c2ncc[nH]2)cc1. The molecule has 2 N–H and O–H groups in total. The predicted molar refractivity (Wildman–Crippen MR) is 63.5 cm³/mol. The van der Waals surface area contributed by atoms with E-state index in [1.807, 2.05) is 0 Å². The Kier molecular flexibility index (Phi) is 3.25. The highest BCUT2D eigenvalue weighted by Crippen LogP contribution is 2.18. The first-order valence-corrected chi connectivity index (χ1v) is 5.03. The predicted octanol–water partition coefficient (Wildman–Crippen LogP) is 2.78. The van der Waals surface area contributed by atoms with Crippen molar-refractivity contribution in [2.24, 2.45) is 10.2 Å². The summed E-state index contributed by atoms with van der Waals surface area (Å²) in [5.74, 6) is 0.353. The molecule has 0 unspecified atom stereocenters. The van der Waals surface area contributed by atoms with Gasteiger partial charge in [0.05, 0.1) is 5.69 Å². The van der Waals surface area contributed by atoms with E-state index in [-0.39, 0.29) is 5.91 Å². The van der Waals surface area contributed by atoms with E-state index in [4.69, 9.17) is 0 Å². The molecule has 6 heteroatoms. The van der Waals surface area contributed by atoms with E-state index in [9.17, 15) is 4.79 Å². The molecule has 0 radical (unpaired) electrons. The van der Waals surface area contributed by atoms with Crippen molar-refractivity contribution in [1.29, 1.82) is 0 Å². The number of hydrogen-bond acceptors (Lipinski definition) is 4. The fraction of sp³-hybridized carbons (Fsp3) is 0.0909. The second-order valence-electron chi connectivity index (χ2n) is 3.34. The van der Waals surface area contributed by atoms with Gasteiger partial charge >= 0.3 is 0 Å². The second-order valence-corrected chi connectivity index (χ2v) is 3.34. The highest BCUT2D eigenvalue weighted by atomic mass is 16.1. The van der Waals surface area contributed by atoms with Crippen LogP contribution in [0.1, 0.15) is 6.92 Å². The molecule has 2 rings (SSSR count). The molecule has 1 aromatic heterocycles. The maximum atomic E-state index is 10.8. The van der Waals surface area contributed by atoms with Gasteiger partial charge in [-0.3, -0.25) is 4.79 Å². The standard InChI is InChI=1S/C11H11N5O/c1-8(17)14-9-2-4-10(5-3-9)15-16-11-12-6-7-13-11/h2-7H,1H3,(H,12,13)(H,14,17)/b16-15+. The van der Waals surface area contributed by atoms with Gasteiger partial charge in [0.15, 0.2) is 0 Å². The molecule has 0 atom stereocenters. The van der Waals surface area contributed by atoms with Crippen LogP contribution in [0.5, 0.6) is 0 Å². The quantitative estimate of drug-likeness (QED) is 0.793. The molecule has 0 saturated heterocycles. The third kappa shape index (κ3) is 3.23. The van der Waals surface area contributed by atoms with Crippen LogP contribution in [0.15, 0.2) is 46.9 Å². The lowest BCUT2D eigenvalue weighted by atomic mass is 10.3. The Balaban J connectivity index is 2.05. The van der Waals surface area contributed by atoms with Gasteiger partial charge < -0.3 is 10.3 Å². The fourth-order valence-electron chi connectivity index (χ4n) is 1.23. The Morgan fingerprint density at radius 1 is 1.29 bits per heavy atom.